The Morgan fingerprint density at radius 3 is 2.00 bits per heavy atom. The van der Waals surface area contributed by atoms with E-state index in [-0.39, 0.29) is 16.4 Å². The molecule has 1 aromatic heterocycles. The molecule has 10 heteroatoms. The fourth-order valence-corrected chi connectivity index (χ4v) is 3.82. The van der Waals surface area contributed by atoms with Gasteiger partial charge in [0.1, 0.15) is 5.69 Å². The van der Waals surface area contributed by atoms with Gasteiger partial charge in [0.05, 0.1) is 10.6 Å². The van der Waals surface area contributed by atoms with Crippen LogP contribution < -0.4 is 0 Å². The van der Waals surface area contributed by atoms with Crippen LogP contribution in [0.25, 0.3) is 33.8 Å². The largest absolute Gasteiger partial charge is 0.433 e. The second-order valence-electron chi connectivity index (χ2n) is 7.05. The zero-order valence-electron chi connectivity index (χ0n) is 16.6. The van der Waals surface area contributed by atoms with Crippen molar-refractivity contribution in [3.63, 3.8) is 0 Å². The summed E-state index contributed by atoms with van der Waals surface area (Å²) in [6.07, 6.45) is -4.69. The summed E-state index contributed by atoms with van der Waals surface area (Å²) in [5.74, 6) is -0.150. The summed E-state index contributed by atoms with van der Waals surface area (Å²) in [4.78, 5) is 7.73. The SMILES string of the molecule is O=S(=O)(O)c1cccc(-c2cccc(-c3nc(-c4ccc(Cl)cc4)cc(C(F)(F)F)n3)c2)c1. The summed E-state index contributed by atoms with van der Waals surface area (Å²) < 4.78 is 72.8. The third-order valence-electron chi connectivity index (χ3n) is 4.74. The number of rotatable bonds is 4. The van der Waals surface area contributed by atoms with Crippen molar-refractivity contribution in [1.29, 1.82) is 0 Å². The first-order chi connectivity index (χ1) is 15.5. The minimum Gasteiger partial charge on any atom is -0.282 e. The van der Waals surface area contributed by atoms with E-state index in [1.165, 1.54) is 18.2 Å². The lowest BCUT2D eigenvalue weighted by Gasteiger charge is -2.12. The van der Waals surface area contributed by atoms with Gasteiger partial charge < -0.3 is 0 Å². The quantitative estimate of drug-likeness (QED) is 0.335. The van der Waals surface area contributed by atoms with E-state index < -0.39 is 22.0 Å². The van der Waals surface area contributed by atoms with Crippen LogP contribution in [0, 0.1) is 0 Å². The number of halogens is 4. The average Bonchev–Trinajstić information content (AvgIpc) is 2.78. The summed E-state index contributed by atoms with van der Waals surface area (Å²) in [5.41, 5.74) is 0.652. The number of hydrogen-bond donors (Lipinski definition) is 1. The molecule has 0 fully saturated rings. The van der Waals surface area contributed by atoms with Crippen LogP contribution in [0.3, 0.4) is 0 Å². The number of benzene rings is 3. The first kappa shape index (κ1) is 22.9. The van der Waals surface area contributed by atoms with E-state index in [2.05, 4.69) is 9.97 Å². The Hall–Kier alpha value is -3.27. The maximum absolute atomic E-state index is 13.6. The van der Waals surface area contributed by atoms with Gasteiger partial charge in [-0.3, -0.25) is 4.55 Å². The number of hydrogen-bond acceptors (Lipinski definition) is 4. The predicted octanol–water partition coefficient (Wildman–Crippen LogP) is 6.40. The highest BCUT2D eigenvalue weighted by Gasteiger charge is 2.34. The molecule has 0 amide bonds. The molecule has 0 aliphatic heterocycles. The van der Waals surface area contributed by atoms with Crippen molar-refractivity contribution in [2.75, 3.05) is 0 Å². The average molecular weight is 491 g/mol. The summed E-state index contributed by atoms with van der Waals surface area (Å²) >= 11 is 5.88. The van der Waals surface area contributed by atoms with Crippen molar-refractivity contribution in [1.82, 2.24) is 9.97 Å². The minimum absolute atomic E-state index is 0.0720. The molecule has 168 valence electrons. The van der Waals surface area contributed by atoms with Crippen LogP contribution >= 0.6 is 11.6 Å². The van der Waals surface area contributed by atoms with Crippen LogP contribution in [0.1, 0.15) is 5.69 Å². The molecule has 0 unspecified atom stereocenters. The minimum atomic E-state index is -4.69. The van der Waals surface area contributed by atoms with Crippen LogP contribution in [0.15, 0.2) is 83.8 Å². The van der Waals surface area contributed by atoms with Crippen LogP contribution in [-0.2, 0) is 16.3 Å². The molecule has 1 N–H and O–H groups in total. The molecule has 0 bridgehead atoms. The summed E-state index contributed by atoms with van der Waals surface area (Å²) in [5, 5.41) is 0.434. The van der Waals surface area contributed by atoms with Crippen LogP contribution in [0.2, 0.25) is 5.02 Å². The number of alkyl halides is 3. The Bertz CT molecular complexity index is 1440. The monoisotopic (exact) mass is 490 g/mol. The van der Waals surface area contributed by atoms with Crippen molar-refractivity contribution in [2.45, 2.75) is 11.1 Å². The third kappa shape index (κ3) is 5.22. The van der Waals surface area contributed by atoms with Crippen molar-refractivity contribution in [3.05, 3.63) is 89.6 Å². The van der Waals surface area contributed by atoms with Gasteiger partial charge in [-0.2, -0.15) is 21.6 Å². The van der Waals surface area contributed by atoms with Gasteiger partial charge >= 0.3 is 6.18 Å². The van der Waals surface area contributed by atoms with E-state index in [0.717, 1.165) is 6.07 Å². The predicted molar refractivity (Wildman–Crippen MR) is 118 cm³/mol. The van der Waals surface area contributed by atoms with E-state index in [1.54, 1.807) is 54.6 Å². The van der Waals surface area contributed by atoms with Crippen LogP contribution in [-0.4, -0.2) is 22.9 Å². The van der Waals surface area contributed by atoms with Gasteiger partial charge in [0.2, 0.25) is 0 Å². The maximum Gasteiger partial charge on any atom is 0.433 e. The number of aromatic nitrogens is 2. The molecule has 0 radical (unpaired) electrons. The normalized spacial score (nSPS) is 12.0. The molecule has 0 atom stereocenters. The lowest BCUT2D eigenvalue weighted by Crippen LogP contribution is -2.10. The molecule has 5 nitrogen and oxygen atoms in total. The third-order valence-corrected chi connectivity index (χ3v) is 5.84. The van der Waals surface area contributed by atoms with Gasteiger partial charge in [-0.05, 0) is 47.5 Å². The topological polar surface area (TPSA) is 80.2 Å². The Morgan fingerprint density at radius 2 is 1.36 bits per heavy atom. The first-order valence-electron chi connectivity index (χ1n) is 9.41. The molecule has 3 aromatic carbocycles. The van der Waals surface area contributed by atoms with Gasteiger partial charge in [0, 0.05) is 16.1 Å². The summed E-state index contributed by atoms with van der Waals surface area (Å²) in [7, 11) is -4.42. The lowest BCUT2D eigenvalue weighted by molar-refractivity contribution is -0.141. The zero-order chi connectivity index (χ0) is 23.8. The lowest BCUT2D eigenvalue weighted by atomic mass is 10.0. The standard InChI is InChI=1S/C23H14ClF3N2O3S/c24-18-9-7-14(8-10-18)20-13-21(23(25,26)27)29-22(28-20)17-5-1-3-15(11-17)16-4-2-6-19(12-16)33(30,31)32/h1-13H,(H,30,31,32). The van der Waals surface area contributed by atoms with Crippen LogP contribution in [0.5, 0.6) is 0 Å². The van der Waals surface area contributed by atoms with Crippen molar-refractivity contribution in [3.8, 4) is 33.8 Å². The Kier molecular flexibility index (Phi) is 5.96. The maximum atomic E-state index is 13.6. The summed E-state index contributed by atoms with van der Waals surface area (Å²) in [6.45, 7) is 0. The molecular formula is C23H14ClF3N2O3S. The fourth-order valence-electron chi connectivity index (χ4n) is 3.16. The molecule has 4 aromatic rings. The van der Waals surface area contributed by atoms with E-state index in [4.69, 9.17) is 11.6 Å². The van der Waals surface area contributed by atoms with Gasteiger partial charge in [0.15, 0.2) is 5.82 Å². The molecule has 1 heterocycles. The molecule has 33 heavy (non-hydrogen) atoms. The van der Waals surface area contributed by atoms with Gasteiger partial charge in [0.25, 0.3) is 10.1 Å². The highest BCUT2D eigenvalue weighted by atomic mass is 35.5. The highest BCUT2D eigenvalue weighted by Crippen LogP contribution is 2.33. The second-order valence-corrected chi connectivity index (χ2v) is 8.91. The molecule has 0 aliphatic rings. The molecule has 0 spiro atoms. The fraction of sp³-hybridized carbons (Fsp3) is 0.0435. The molecular weight excluding hydrogens is 477 g/mol. The second kappa shape index (κ2) is 8.58. The summed E-state index contributed by atoms with van der Waals surface area (Å²) in [6, 6.07) is 19.0. The Morgan fingerprint density at radius 1 is 0.758 bits per heavy atom. The molecule has 0 saturated heterocycles. The molecule has 4 rings (SSSR count). The Labute approximate surface area is 192 Å². The van der Waals surface area contributed by atoms with Crippen molar-refractivity contribution in [2.24, 2.45) is 0 Å². The van der Waals surface area contributed by atoms with Gasteiger partial charge in [-0.1, -0.05) is 54.1 Å². The Balaban J connectivity index is 1.84. The van der Waals surface area contributed by atoms with Gasteiger partial charge in [-0.15, -0.1) is 0 Å². The van der Waals surface area contributed by atoms with Gasteiger partial charge in [-0.25, -0.2) is 9.97 Å². The van der Waals surface area contributed by atoms with E-state index in [0.29, 0.717) is 27.3 Å². The van der Waals surface area contributed by atoms with E-state index in [1.807, 2.05) is 0 Å². The number of nitrogens with zero attached hydrogens (tertiary/aromatic N) is 2. The van der Waals surface area contributed by atoms with E-state index >= 15 is 0 Å². The smallest absolute Gasteiger partial charge is 0.282 e. The van der Waals surface area contributed by atoms with E-state index in [9.17, 15) is 26.1 Å². The van der Waals surface area contributed by atoms with Crippen molar-refractivity contribution < 1.29 is 26.1 Å². The first-order valence-corrected chi connectivity index (χ1v) is 11.2. The van der Waals surface area contributed by atoms with Crippen molar-refractivity contribution >= 4 is 21.7 Å². The zero-order valence-corrected chi connectivity index (χ0v) is 18.2. The highest BCUT2D eigenvalue weighted by molar-refractivity contribution is 7.85. The molecule has 0 aliphatic carbocycles. The molecule has 0 saturated carbocycles. The van der Waals surface area contributed by atoms with Crippen LogP contribution in [0.4, 0.5) is 13.2 Å².